The normalized spacial score (nSPS) is 10.6. The van der Waals surface area contributed by atoms with Gasteiger partial charge in [0.2, 0.25) is 0 Å². The number of carbonyl (C=O) groups is 2. The predicted octanol–water partition coefficient (Wildman–Crippen LogP) is 3.81. The summed E-state index contributed by atoms with van der Waals surface area (Å²) in [6, 6.07) is 15.3. The molecule has 2 heterocycles. The zero-order valence-electron chi connectivity index (χ0n) is 19.7. The number of urea groups is 1. The number of ether oxygens (including phenoxy) is 1. The first-order valence-electron chi connectivity index (χ1n) is 10.9. The Bertz CT molecular complexity index is 1500. The van der Waals surface area contributed by atoms with Gasteiger partial charge in [-0.05, 0) is 37.3 Å². The van der Waals surface area contributed by atoms with Crippen LogP contribution in [0, 0.1) is 12.7 Å². The summed E-state index contributed by atoms with van der Waals surface area (Å²) in [6.07, 6.45) is 1.40. The lowest BCUT2D eigenvalue weighted by Crippen LogP contribution is -2.25. The van der Waals surface area contributed by atoms with Crippen molar-refractivity contribution < 1.29 is 18.7 Å². The molecule has 0 saturated carbocycles. The SMILES string of the molecule is CNC(=O)Nc1cc(Oc2ccc(NC(=O)c3c(C)n(C)n(-c4ccccc4)c3=O)cc2F)ccn1. The maximum absolute atomic E-state index is 14.8. The van der Waals surface area contributed by atoms with E-state index in [0.29, 0.717) is 11.4 Å². The van der Waals surface area contributed by atoms with Crippen molar-refractivity contribution in [2.75, 3.05) is 17.7 Å². The van der Waals surface area contributed by atoms with Crippen LogP contribution in [0.4, 0.5) is 20.7 Å². The third-order valence-corrected chi connectivity index (χ3v) is 5.40. The van der Waals surface area contributed by atoms with Gasteiger partial charge in [0.05, 0.1) is 11.4 Å². The molecule has 0 bridgehead atoms. The van der Waals surface area contributed by atoms with Gasteiger partial charge in [-0.25, -0.2) is 18.9 Å². The van der Waals surface area contributed by atoms with Gasteiger partial charge >= 0.3 is 6.03 Å². The van der Waals surface area contributed by atoms with E-state index in [2.05, 4.69) is 20.9 Å². The van der Waals surface area contributed by atoms with Crippen molar-refractivity contribution in [3.63, 3.8) is 0 Å². The minimum atomic E-state index is -0.739. The second kappa shape index (κ2) is 10.1. The molecule has 0 unspecified atom stereocenters. The topological polar surface area (TPSA) is 119 Å². The van der Waals surface area contributed by atoms with E-state index in [4.69, 9.17) is 4.74 Å². The maximum Gasteiger partial charge on any atom is 0.320 e. The number of anilines is 2. The molecule has 0 aliphatic rings. The lowest BCUT2D eigenvalue weighted by atomic mass is 10.2. The summed E-state index contributed by atoms with van der Waals surface area (Å²) in [5, 5.41) is 7.47. The molecule has 36 heavy (non-hydrogen) atoms. The molecule has 3 amide bonds. The highest BCUT2D eigenvalue weighted by Crippen LogP contribution is 2.28. The van der Waals surface area contributed by atoms with Crippen LogP contribution in [0.2, 0.25) is 0 Å². The molecule has 4 aromatic rings. The summed E-state index contributed by atoms with van der Waals surface area (Å²) >= 11 is 0. The number of carbonyl (C=O) groups excluding carboxylic acids is 2. The van der Waals surface area contributed by atoms with Gasteiger partial charge < -0.3 is 15.4 Å². The third-order valence-electron chi connectivity index (χ3n) is 5.40. The van der Waals surface area contributed by atoms with Crippen molar-refractivity contribution in [2.45, 2.75) is 6.92 Å². The predicted molar refractivity (Wildman–Crippen MR) is 132 cm³/mol. The van der Waals surface area contributed by atoms with Crippen molar-refractivity contribution in [3.05, 3.63) is 94.3 Å². The number of benzene rings is 2. The smallest absolute Gasteiger partial charge is 0.320 e. The van der Waals surface area contributed by atoms with Gasteiger partial charge in [0.25, 0.3) is 11.5 Å². The van der Waals surface area contributed by atoms with Crippen LogP contribution in [-0.2, 0) is 7.05 Å². The molecule has 3 N–H and O–H groups in total. The summed E-state index contributed by atoms with van der Waals surface area (Å²) in [4.78, 5) is 41.4. The van der Waals surface area contributed by atoms with Crippen molar-refractivity contribution in [2.24, 2.45) is 7.05 Å². The van der Waals surface area contributed by atoms with Crippen molar-refractivity contribution in [3.8, 4) is 17.2 Å². The number of amides is 3. The van der Waals surface area contributed by atoms with E-state index in [9.17, 15) is 18.8 Å². The van der Waals surface area contributed by atoms with Gasteiger partial charge in [0, 0.05) is 38.1 Å². The highest BCUT2D eigenvalue weighted by molar-refractivity contribution is 6.05. The number of halogens is 1. The highest BCUT2D eigenvalue weighted by atomic mass is 19.1. The Labute approximate surface area is 205 Å². The van der Waals surface area contributed by atoms with Crippen LogP contribution >= 0.6 is 0 Å². The summed E-state index contributed by atoms with van der Waals surface area (Å²) in [5.41, 5.74) is 0.689. The van der Waals surface area contributed by atoms with Crippen LogP contribution in [0.3, 0.4) is 0 Å². The Morgan fingerprint density at radius 3 is 2.47 bits per heavy atom. The Morgan fingerprint density at radius 2 is 1.78 bits per heavy atom. The standard InChI is InChI=1S/C25H23FN6O4/c1-15-22(24(34)32(31(15)3)17-7-5-4-6-8-17)23(33)29-16-9-10-20(19(26)13-16)36-18-11-12-28-21(14-18)30-25(35)27-2/h4-14H,1-3H3,(H,29,33)(H2,27,28,30,35). The van der Waals surface area contributed by atoms with Crippen molar-refractivity contribution in [1.82, 2.24) is 19.7 Å². The van der Waals surface area contributed by atoms with Crippen LogP contribution in [0.15, 0.2) is 71.7 Å². The minimum absolute atomic E-state index is 0.0463. The van der Waals surface area contributed by atoms with Crippen LogP contribution in [0.25, 0.3) is 5.69 Å². The monoisotopic (exact) mass is 490 g/mol. The van der Waals surface area contributed by atoms with E-state index in [1.54, 1.807) is 42.9 Å². The fourth-order valence-corrected chi connectivity index (χ4v) is 3.53. The Hall–Kier alpha value is -4.93. The second-order valence-electron chi connectivity index (χ2n) is 7.72. The number of hydrogen-bond donors (Lipinski definition) is 3. The van der Waals surface area contributed by atoms with E-state index >= 15 is 0 Å². The quantitative estimate of drug-likeness (QED) is 0.380. The van der Waals surface area contributed by atoms with Gasteiger partial charge in [-0.15, -0.1) is 0 Å². The summed E-state index contributed by atoms with van der Waals surface area (Å²) in [5.74, 6) is -1.04. The van der Waals surface area contributed by atoms with Gasteiger partial charge in [0.15, 0.2) is 11.6 Å². The van der Waals surface area contributed by atoms with Gasteiger partial charge in [-0.3, -0.25) is 19.6 Å². The van der Waals surface area contributed by atoms with E-state index < -0.39 is 23.3 Å². The van der Waals surface area contributed by atoms with Crippen molar-refractivity contribution in [1.29, 1.82) is 0 Å². The van der Waals surface area contributed by atoms with E-state index in [-0.39, 0.29) is 28.6 Å². The number of nitrogens with one attached hydrogen (secondary N) is 3. The number of pyridine rings is 1. The molecular weight excluding hydrogens is 467 g/mol. The highest BCUT2D eigenvalue weighted by Gasteiger charge is 2.22. The van der Waals surface area contributed by atoms with Gasteiger partial charge in [-0.1, -0.05) is 18.2 Å². The molecule has 4 rings (SSSR count). The molecule has 0 atom stereocenters. The molecule has 0 spiro atoms. The lowest BCUT2D eigenvalue weighted by molar-refractivity contribution is 0.102. The largest absolute Gasteiger partial charge is 0.454 e. The third kappa shape index (κ3) is 4.94. The number of nitrogens with zero attached hydrogens (tertiary/aromatic N) is 3. The fraction of sp³-hybridized carbons (Fsp3) is 0.120. The number of para-hydroxylation sites is 1. The molecule has 184 valence electrons. The van der Waals surface area contributed by atoms with Crippen LogP contribution in [0.5, 0.6) is 11.5 Å². The fourth-order valence-electron chi connectivity index (χ4n) is 3.53. The summed E-state index contributed by atoms with van der Waals surface area (Å²) in [7, 11) is 3.14. The molecule has 0 aliphatic carbocycles. The average molecular weight is 490 g/mol. The lowest BCUT2D eigenvalue weighted by Gasteiger charge is -2.10. The second-order valence-corrected chi connectivity index (χ2v) is 7.72. The first-order valence-corrected chi connectivity index (χ1v) is 10.9. The minimum Gasteiger partial charge on any atom is -0.454 e. The number of aromatic nitrogens is 3. The Morgan fingerprint density at radius 1 is 1.03 bits per heavy atom. The molecule has 2 aromatic heterocycles. The molecule has 2 aromatic carbocycles. The average Bonchev–Trinajstić information content (AvgIpc) is 3.09. The van der Waals surface area contributed by atoms with Gasteiger partial charge in [-0.2, -0.15) is 0 Å². The van der Waals surface area contributed by atoms with Crippen LogP contribution in [0.1, 0.15) is 16.1 Å². The Kier molecular flexibility index (Phi) is 6.81. The van der Waals surface area contributed by atoms with E-state index in [1.165, 1.54) is 42.2 Å². The molecule has 10 nitrogen and oxygen atoms in total. The first kappa shape index (κ1) is 24.2. The zero-order chi connectivity index (χ0) is 25.8. The van der Waals surface area contributed by atoms with Gasteiger partial charge in [0.1, 0.15) is 17.1 Å². The molecule has 0 aliphatic heterocycles. The van der Waals surface area contributed by atoms with Crippen molar-refractivity contribution >= 4 is 23.4 Å². The van der Waals surface area contributed by atoms with E-state index in [0.717, 1.165) is 6.07 Å². The molecular formula is C25H23FN6O4. The summed E-state index contributed by atoms with van der Waals surface area (Å²) < 4.78 is 23.3. The van der Waals surface area contributed by atoms with E-state index in [1.807, 2.05) is 6.07 Å². The molecule has 0 radical (unpaired) electrons. The molecule has 0 fully saturated rings. The maximum atomic E-state index is 14.8. The molecule has 11 heteroatoms. The first-order chi connectivity index (χ1) is 17.3. The van der Waals surface area contributed by atoms with Crippen LogP contribution < -0.4 is 26.2 Å². The van der Waals surface area contributed by atoms with Crippen LogP contribution in [-0.4, -0.2) is 33.3 Å². The zero-order valence-corrected chi connectivity index (χ0v) is 19.7. The summed E-state index contributed by atoms with van der Waals surface area (Å²) in [6.45, 7) is 1.66. The number of rotatable bonds is 6. The molecule has 0 saturated heterocycles. The number of hydrogen-bond acceptors (Lipinski definition) is 5. The Balaban J connectivity index is 1.53.